The highest BCUT2D eigenvalue weighted by molar-refractivity contribution is 5.95. The maximum absolute atomic E-state index is 14.1. The third-order valence-electron chi connectivity index (χ3n) is 4.29. The van der Waals surface area contributed by atoms with Crippen LogP contribution < -0.4 is 10.6 Å². The molecule has 2 unspecified atom stereocenters. The lowest BCUT2D eigenvalue weighted by atomic mass is 10.1. The molecule has 3 heterocycles. The first-order valence-electron chi connectivity index (χ1n) is 7.08. The van der Waals surface area contributed by atoms with E-state index in [1.165, 1.54) is 18.7 Å². The van der Waals surface area contributed by atoms with Gasteiger partial charge in [-0.25, -0.2) is 9.37 Å². The van der Waals surface area contributed by atoms with Gasteiger partial charge in [0.25, 0.3) is 5.91 Å². The summed E-state index contributed by atoms with van der Waals surface area (Å²) >= 11 is 0. The van der Waals surface area contributed by atoms with Crippen LogP contribution >= 0.6 is 0 Å². The number of fused-ring (bicyclic) bond motifs is 1. The molecule has 0 spiro atoms. The van der Waals surface area contributed by atoms with Crippen molar-refractivity contribution in [1.29, 1.82) is 0 Å². The van der Waals surface area contributed by atoms with Gasteiger partial charge in [0.15, 0.2) is 11.6 Å². The molecule has 0 radical (unpaired) electrons. The minimum atomic E-state index is -0.589. The molecule has 1 aromatic heterocycles. The van der Waals surface area contributed by atoms with E-state index in [9.17, 15) is 9.18 Å². The van der Waals surface area contributed by atoms with Crippen molar-refractivity contribution in [3.63, 3.8) is 0 Å². The number of pyridine rings is 1. The molecule has 20 heavy (non-hydrogen) atoms. The fraction of sp³-hybridized carbons (Fsp3) is 0.571. The average molecular weight is 278 g/mol. The van der Waals surface area contributed by atoms with Crippen LogP contribution in [0.4, 0.5) is 10.2 Å². The van der Waals surface area contributed by atoms with Gasteiger partial charge >= 0.3 is 0 Å². The summed E-state index contributed by atoms with van der Waals surface area (Å²) in [7, 11) is 1.58. The summed E-state index contributed by atoms with van der Waals surface area (Å²) in [4.78, 5) is 18.5. The van der Waals surface area contributed by atoms with Crippen molar-refractivity contribution in [2.75, 3.05) is 25.5 Å². The van der Waals surface area contributed by atoms with Gasteiger partial charge in [-0.2, -0.15) is 0 Å². The van der Waals surface area contributed by atoms with Gasteiger partial charge < -0.3 is 10.6 Å². The first-order valence-corrected chi connectivity index (χ1v) is 7.08. The first kappa shape index (κ1) is 13.3. The number of nitrogens with zero attached hydrogens (tertiary/aromatic N) is 2. The Kier molecular flexibility index (Phi) is 3.56. The topological polar surface area (TPSA) is 57.3 Å². The van der Waals surface area contributed by atoms with Crippen LogP contribution in [0, 0.1) is 5.82 Å². The first-order chi connectivity index (χ1) is 9.70. The lowest BCUT2D eigenvalue weighted by molar-refractivity contribution is 0.0925. The lowest BCUT2D eigenvalue weighted by Crippen LogP contribution is -2.42. The highest BCUT2D eigenvalue weighted by Crippen LogP contribution is 2.28. The maximum atomic E-state index is 14.1. The number of carbonyl (C=O) groups excluding carboxylic acids is 1. The number of nitrogens with one attached hydrogen (secondary N) is 2. The van der Waals surface area contributed by atoms with E-state index in [1.807, 2.05) is 0 Å². The summed E-state index contributed by atoms with van der Waals surface area (Å²) in [6.07, 6.45) is 4.69. The summed E-state index contributed by atoms with van der Waals surface area (Å²) in [5.74, 6) is -0.833. The Bertz CT molecular complexity index is 522. The number of aromatic nitrogens is 1. The Hall–Kier alpha value is -1.69. The number of rotatable bonds is 3. The molecule has 2 aliphatic rings. The largest absolute Gasteiger partial charge is 0.371 e. The van der Waals surface area contributed by atoms with E-state index in [4.69, 9.17) is 0 Å². The number of carbonyl (C=O) groups is 1. The number of halogens is 1. The molecule has 0 saturated carbocycles. The van der Waals surface area contributed by atoms with Crippen molar-refractivity contribution in [2.45, 2.75) is 31.3 Å². The second-order valence-corrected chi connectivity index (χ2v) is 5.39. The van der Waals surface area contributed by atoms with E-state index in [0.29, 0.717) is 6.04 Å². The number of hydrogen-bond acceptors (Lipinski definition) is 4. The van der Waals surface area contributed by atoms with E-state index in [-0.39, 0.29) is 23.3 Å². The van der Waals surface area contributed by atoms with E-state index in [0.717, 1.165) is 25.9 Å². The molecular formula is C14H19FN4O. The zero-order chi connectivity index (χ0) is 14.1. The quantitative estimate of drug-likeness (QED) is 0.873. The molecule has 0 aliphatic carbocycles. The molecule has 108 valence electrons. The molecule has 0 aromatic carbocycles. The third-order valence-corrected chi connectivity index (χ3v) is 4.29. The molecular weight excluding hydrogens is 259 g/mol. The standard InChI is InChI=1S/C14H19FN4O/c1-16-13-12(15)9(4-6-17-13)14(20)18-10-5-8-19-7-2-3-11(10)19/h4,6,10-11H,2-3,5,7-8H2,1H3,(H,16,17)(H,18,20). The molecule has 1 aromatic rings. The highest BCUT2D eigenvalue weighted by Gasteiger charge is 2.38. The van der Waals surface area contributed by atoms with Crippen LogP contribution in [0.1, 0.15) is 29.6 Å². The van der Waals surface area contributed by atoms with Gasteiger partial charge in [0.1, 0.15) is 0 Å². The summed E-state index contributed by atoms with van der Waals surface area (Å²) in [6, 6.07) is 1.98. The zero-order valence-corrected chi connectivity index (χ0v) is 11.5. The molecule has 6 heteroatoms. The SMILES string of the molecule is CNc1nccc(C(=O)NC2CCN3CCCC23)c1F. The molecule has 2 N–H and O–H groups in total. The van der Waals surface area contributed by atoms with Gasteiger partial charge in [-0.15, -0.1) is 0 Å². The van der Waals surface area contributed by atoms with Crippen LogP contribution in [-0.2, 0) is 0 Å². The van der Waals surface area contributed by atoms with E-state index >= 15 is 0 Å². The predicted molar refractivity (Wildman–Crippen MR) is 74.2 cm³/mol. The number of anilines is 1. The van der Waals surface area contributed by atoms with Crippen molar-refractivity contribution in [2.24, 2.45) is 0 Å². The van der Waals surface area contributed by atoms with E-state index in [1.54, 1.807) is 7.05 Å². The second-order valence-electron chi connectivity index (χ2n) is 5.39. The van der Waals surface area contributed by atoms with Crippen molar-refractivity contribution < 1.29 is 9.18 Å². The highest BCUT2D eigenvalue weighted by atomic mass is 19.1. The van der Waals surface area contributed by atoms with Crippen molar-refractivity contribution >= 4 is 11.7 Å². The van der Waals surface area contributed by atoms with Crippen LogP contribution in [0.3, 0.4) is 0 Å². The van der Waals surface area contributed by atoms with Crippen molar-refractivity contribution in [1.82, 2.24) is 15.2 Å². The number of amides is 1. The van der Waals surface area contributed by atoms with Crippen LogP contribution in [0.25, 0.3) is 0 Å². The van der Waals surface area contributed by atoms with Crippen LogP contribution in [-0.4, -0.2) is 48.0 Å². The second kappa shape index (κ2) is 5.36. The van der Waals surface area contributed by atoms with Crippen LogP contribution in [0.2, 0.25) is 0 Å². The molecule has 5 nitrogen and oxygen atoms in total. The minimum Gasteiger partial charge on any atom is -0.371 e. The summed E-state index contributed by atoms with van der Waals surface area (Å²) in [6.45, 7) is 2.14. The molecule has 2 saturated heterocycles. The molecule has 1 amide bonds. The molecule has 0 bridgehead atoms. The van der Waals surface area contributed by atoms with Crippen molar-refractivity contribution in [3.05, 3.63) is 23.6 Å². The predicted octanol–water partition coefficient (Wildman–Crippen LogP) is 1.23. The smallest absolute Gasteiger partial charge is 0.254 e. The summed E-state index contributed by atoms with van der Waals surface area (Å²) < 4.78 is 14.1. The van der Waals surface area contributed by atoms with Gasteiger partial charge in [0.05, 0.1) is 5.56 Å². The molecule has 3 rings (SSSR count). The van der Waals surface area contributed by atoms with Gasteiger partial charge in [-0.1, -0.05) is 0 Å². The Morgan fingerprint density at radius 3 is 3.10 bits per heavy atom. The van der Waals surface area contributed by atoms with Gasteiger partial charge in [0, 0.05) is 31.9 Å². The van der Waals surface area contributed by atoms with Crippen LogP contribution in [0.15, 0.2) is 12.3 Å². The Balaban J connectivity index is 1.73. The fourth-order valence-electron chi connectivity index (χ4n) is 3.29. The minimum absolute atomic E-state index is 0.0563. The normalized spacial score (nSPS) is 25.5. The zero-order valence-electron chi connectivity index (χ0n) is 11.5. The van der Waals surface area contributed by atoms with Crippen LogP contribution in [0.5, 0.6) is 0 Å². The van der Waals surface area contributed by atoms with Gasteiger partial charge in [-0.3, -0.25) is 9.69 Å². The van der Waals surface area contributed by atoms with E-state index < -0.39 is 5.82 Å². The fourth-order valence-corrected chi connectivity index (χ4v) is 3.29. The van der Waals surface area contributed by atoms with Crippen molar-refractivity contribution in [3.8, 4) is 0 Å². The maximum Gasteiger partial charge on any atom is 0.254 e. The Morgan fingerprint density at radius 1 is 1.45 bits per heavy atom. The third kappa shape index (κ3) is 2.24. The Labute approximate surface area is 117 Å². The van der Waals surface area contributed by atoms with E-state index in [2.05, 4.69) is 20.5 Å². The summed E-state index contributed by atoms with van der Waals surface area (Å²) in [5, 5.41) is 5.63. The molecule has 2 atom stereocenters. The molecule has 2 fully saturated rings. The Morgan fingerprint density at radius 2 is 2.30 bits per heavy atom. The molecule has 2 aliphatic heterocycles. The monoisotopic (exact) mass is 278 g/mol. The van der Waals surface area contributed by atoms with Gasteiger partial charge in [-0.05, 0) is 31.9 Å². The average Bonchev–Trinajstić information content (AvgIpc) is 3.04. The lowest BCUT2D eigenvalue weighted by Gasteiger charge is -2.21. The summed E-state index contributed by atoms with van der Waals surface area (Å²) in [5.41, 5.74) is 0.0563. The van der Waals surface area contributed by atoms with Gasteiger partial charge in [0.2, 0.25) is 0 Å². The number of hydrogen-bond donors (Lipinski definition) is 2.